The fourth-order valence-electron chi connectivity index (χ4n) is 7.17. The second-order valence-electron chi connectivity index (χ2n) is 16.9. The van der Waals surface area contributed by atoms with Crippen LogP contribution in [0.2, 0.25) is 12.1 Å². The van der Waals surface area contributed by atoms with Crippen molar-refractivity contribution < 1.29 is 36.0 Å². The smallest absolute Gasteiger partial charge is 0.494 e. The molecule has 5 rings (SSSR count). The lowest BCUT2D eigenvalue weighted by Crippen LogP contribution is -2.50. The number of ether oxygens (including phenoxy) is 2. The van der Waals surface area contributed by atoms with Gasteiger partial charge >= 0.3 is 17.6 Å². The van der Waals surface area contributed by atoms with Crippen LogP contribution in [-0.4, -0.2) is 77.4 Å². The maximum absolute atomic E-state index is 6.33. The minimum Gasteiger partial charge on any atom is -0.494 e. The van der Waals surface area contributed by atoms with Crippen molar-refractivity contribution >= 4 is 39.4 Å². The zero-order chi connectivity index (χ0) is 43.5. The Morgan fingerprint density at radius 1 is 0.383 bits per heavy atom. The van der Waals surface area contributed by atoms with Gasteiger partial charge in [-0.1, -0.05) is 24.3 Å². The Kier molecular flexibility index (Phi) is 17.3. The van der Waals surface area contributed by atoms with Crippen molar-refractivity contribution in [2.45, 2.75) is 145 Å². The first-order chi connectivity index (χ1) is 28.5. The predicted molar refractivity (Wildman–Crippen MR) is 247 cm³/mol. The van der Waals surface area contributed by atoms with Crippen LogP contribution < -0.4 is 9.47 Å². The molecule has 0 fully saturated rings. The highest BCUT2D eigenvalue weighted by Crippen LogP contribution is 2.31. The zero-order valence-corrected chi connectivity index (χ0v) is 40.0. The number of fused-ring (bicyclic) bond motifs is 3. The summed E-state index contributed by atoms with van der Waals surface area (Å²) in [6.07, 6.45) is 1.58. The molecule has 0 bridgehead atoms. The topological polar surface area (TPSA) is 99.6 Å². The zero-order valence-electron chi connectivity index (χ0n) is 38.0. The summed E-state index contributed by atoms with van der Waals surface area (Å²) in [5.74, 6) is 1.60. The average molecular weight is 857 g/mol. The summed E-state index contributed by atoms with van der Waals surface area (Å²) >= 11 is 0. The molecule has 0 aliphatic rings. The molecule has 2 aromatic heterocycles. The van der Waals surface area contributed by atoms with Crippen LogP contribution in [0.3, 0.4) is 0 Å². The highest BCUT2D eigenvalue weighted by molar-refractivity contribution is 6.61. The van der Waals surface area contributed by atoms with Gasteiger partial charge in [-0.05, 0) is 157 Å². The third-order valence-corrected chi connectivity index (χ3v) is 16.0. The second-order valence-corrected chi connectivity index (χ2v) is 22.1. The quantitative estimate of drug-likeness (QED) is 0.0339. The first-order valence-corrected chi connectivity index (χ1v) is 25.6. The molecule has 2 heterocycles. The van der Waals surface area contributed by atoms with Crippen LogP contribution in [0.15, 0.2) is 84.9 Å². The van der Waals surface area contributed by atoms with Gasteiger partial charge in [-0.2, -0.15) is 0 Å². The number of nitrogens with zero attached hydrogens (tertiary/aromatic N) is 2. The maximum Gasteiger partial charge on any atom is 0.501 e. The summed E-state index contributed by atoms with van der Waals surface area (Å²) in [7, 11) is -5.75. The monoisotopic (exact) mass is 856 g/mol. The van der Waals surface area contributed by atoms with E-state index in [1.807, 2.05) is 107 Å². The average Bonchev–Trinajstić information content (AvgIpc) is 3.16. The van der Waals surface area contributed by atoms with E-state index in [2.05, 4.69) is 60.7 Å². The highest BCUT2D eigenvalue weighted by Gasteiger charge is 2.44. The summed E-state index contributed by atoms with van der Waals surface area (Å²) in [5, 5.41) is 2.07. The second kappa shape index (κ2) is 21.9. The van der Waals surface area contributed by atoms with Gasteiger partial charge in [0.15, 0.2) is 0 Å². The molecule has 0 saturated heterocycles. The Morgan fingerprint density at radius 3 is 0.950 bits per heavy atom. The minimum absolute atomic E-state index is 0.0114. The Labute approximate surface area is 361 Å². The van der Waals surface area contributed by atoms with Crippen LogP contribution in [0.5, 0.6) is 11.5 Å². The Hall–Kier alpha value is -3.73. The third kappa shape index (κ3) is 13.9. The standard InChI is InChI=1S/C48H68N2O8Si2/c1-33(2)53-59(54-34(3)4,55-35(5)6)31-13-29-51-43-23-17-39(18-24-43)45-27-21-41-15-16-42-22-28-46(50-48(42)47(41)49-45)40-19-25-44(26-20-40)52-30-14-32-60(56-36(7)8,57-37(9)10)58-38(11)12/h15-28,33-38H,13-14,29-32H2,1-12H3. The lowest BCUT2D eigenvalue weighted by molar-refractivity contribution is 0.00115. The van der Waals surface area contributed by atoms with Gasteiger partial charge < -0.3 is 36.0 Å². The highest BCUT2D eigenvalue weighted by atomic mass is 28.4. The Morgan fingerprint density at radius 2 is 0.667 bits per heavy atom. The van der Waals surface area contributed by atoms with Crippen molar-refractivity contribution in [1.82, 2.24) is 9.97 Å². The maximum atomic E-state index is 6.33. The normalized spacial score (nSPS) is 12.7. The van der Waals surface area contributed by atoms with E-state index in [0.29, 0.717) is 25.3 Å². The lowest BCUT2D eigenvalue weighted by atomic mass is 10.1. The Balaban J connectivity index is 1.24. The first-order valence-electron chi connectivity index (χ1n) is 21.8. The molecular formula is C48H68N2O8Si2. The summed E-state index contributed by atoms with van der Waals surface area (Å²) in [4.78, 5) is 10.3. The van der Waals surface area contributed by atoms with E-state index in [-0.39, 0.29) is 36.6 Å². The molecule has 5 aromatic rings. The van der Waals surface area contributed by atoms with Gasteiger partial charge in [0.25, 0.3) is 0 Å². The summed E-state index contributed by atoms with van der Waals surface area (Å²) in [5.41, 5.74) is 5.47. The Bertz CT molecular complexity index is 1870. The molecule has 10 nitrogen and oxygen atoms in total. The van der Waals surface area contributed by atoms with Crippen LogP contribution in [0.1, 0.15) is 95.9 Å². The number of aromatic nitrogens is 2. The number of hydrogen-bond acceptors (Lipinski definition) is 10. The van der Waals surface area contributed by atoms with E-state index >= 15 is 0 Å². The summed E-state index contributed by atoms with van der Waals surface area (Å²) in [6, 6.07) is 30.1. The molecule has 0 radical (unpaired) electrons. The minimum atomic E-state index is -2.87. The fourth-order valence-corrected chi connectivity index (χ4v) is 13.7. The van der Waals surface area contributed by atoms with Crippen molar-refractivity contribution in [1.29, 1.82) is 0 Å². The van der Waals surface area contributed by atoms with Crippen molar-refractivity contribution in [3.63, 3.8) is 0 Å². The molecule has 326 valence electrons. The molecule has 12 heteroatoms. The number of rotatable bonds is 24. The van der Waals surface area contributed by atoms with E-state index in [0.717, 1.165) is 68.7 Å². The van der Waals surface area contributed by atoms with E-state index in [1.165, 1.54) is 0 Å². The predicted octanol–water partition coefficient (Wildman–Crippen LogP) is 12.1. The van der Waals surface area contributed by atoms with Crippen LogP contribution in [-0.2, 0) is 26.6 Å². The van der Waals surface area contributed by atoms with Crippen LogP contribution >= 0.6 is 0 Å². The van der Waals surface area contributed by atoms with Gasteiger partial charge in [-0.3, -0.25) is 0 Å². The van der Waals surface area contributed by atoms with Crippen LogP contribution in [0.25, 0.3) is 44.3 Å². The van der Waals surface area contributed by atoms with E-state index in [1.54, 1.807) is 0 Å². The molecule has 0 amide bonds. The van der Waals surface area contributed by atoms with Gasteiger partial charge in [0, 0.05) is 70.6 Å². The SMILES string of the molecule is CC(C)O[Si](CCCOc1ccc(-c2ccc3ccc4ccc(-c5ccc(OCCC[Si](OC(C)C)(OC(C)C)OC(C)C)cc5)nc4c3n2)cc1)(OC(C)C)OC(C)C. The van der Waals surface area contributed by atoms with E-state index in [9.17, 15) is 0 Å². The van der Waals surface area contributed by atoms with Crippen LogP contribution in [0.4, 0.5) is 0 Å². The van der Waals surface area contributed by atoms with Crippen LogP contribution in [0, 0.1) is 0 Å². The largest absolute Gasteiger partial charge is 0.501 e. The number of pyridine rings is 2. The molecule has 0 spiro atoms. The van der Waals surface area contributed by atoms with Crippen molar-refractivity contribution in [3.05, 3.63) is 84.9 Å². The third-order valence-electron chi connectivity index (χ3n) is 9.10. The van der Waals surface area contributed by atoms with E-state index in [4.69, 9.17) is 46.0 Å². The summed E-state index contributed by atoms with van der Waals surface area (Å²) in [6.45, 7) is 25.4. The van der Waals surface area contributed by atoms with Crippen molar-refractivity contribution in [2.75, 3.05) is 13.2 Å². The molecular weight excluding hydrogens is 789 g/mol. The molecule has 3 aromatic carbocycles. The van der Waals surface area contributed by atoms with Crippen molar-refractivity contribution in [3.8, 4) is 34.0 Å². The molecule has 0 aliphatic heterocycles. The molecule has 60 heavy (non-hydrogen) atoms. The van der Waals surface area contributed by atoms with Crippen molar-refractivity contribution in [2.24, 2.45) is 0 Å². The number of benzene rings is 3. The van der Waals surface area contributed by atoms with Gasteiger partial charge in [0.05, 0.1) is 35.6 Å². The van der Waals surface area contributed by atoms with Gasteiger partial charge in [-0.25, -0.2) is 9.97 Å². The molecule has 0 N–H and O–H groups in total. The van der Waals surface area contributed by atoms with Gasteiger partial charge in [-0.15, -0.1) is 0 Å². The fraction of sp³-hybridized carbons (Fsp3) is 0.500. The van der Waals surface area contributed by atoms with Gasteiger partial charge in [0.1, 0.15) is 11.5 Å². The van der Waals surface area contributed by atoms with Gasteiger partial charge in [0.2, 0.25) is 0 Å². The number of hydrogen-bond donors (Lipinski definition) is 0. The summed E-state index contributed by atoms with van der Waals surface area (Å²) < 4.78 is 50.3. The first kappa shape index (κ1) is 47.3. The molecule has 0 atom stereocenters. The lowest BCUT2D eigenvalue weighted by Gasteiger charge is -2.34. The molecule has 0 saturated carbocycles. The molecule has 0 unspecified atom stereocenters. The van der Waals surface area contributed by atoms with E-state index < -0.39 is 17.6 Å². The molecule has 0 aliphatic carbocycles.